The molecule has 1 aromatic heterocycles. The zero-order valence-corrected chi connectivity index (χ0v) is 14.4. The first-order valence-electron chi connectivity index (χ1n) is 8.35. The zero-order chi connectivity index (χ0) is 18.4. The quantitative estimate of drug-likeness (QED) is 0.709. The fourth-order valence-corrected chi connectivity index (χ4v) is 2.47. The number of anilines is 2. The summed E-state index contributed by atoms with van der Waals surface area (Å²) in [5.74, 6) is -0.0676. The van der Waals surface area contributed by atoms with Crippen molar-refractivity contribution in [3.63, 3.8) is 0 Å². The molecule has 6 heteroatoms. The van der Waals surface area contributed by atoms with E-state index < -0.39 is 0 Å². The van der Waals surface area contributed by atoms with Crippen molar-refractivity contribution in [1.82, 2.24) is 15.3 Å². The molecule has 2 aromatic carbocycles. The number of hydrogen-bond donors (Lipinski definition) is 2. The van der Waals surface area contributed by atoms with Crippen LogP contribution in [0.2, 0.25) is 0 Å². The molecule has 0 unspecified atom stereocenters. The van der Waals surface area contributed by atoms with Crippen LogP contribution in [0, 0.1) is 5.82 Å². The maximum atomic E-state index is 12.9. The molecule has 2 N–H and O–H groups in total. The number of benzene rings is 2. The molecule has 0 saturated heterocycles. The van der Waals surface area contributed by atoms with Crippen LogP contribution in [0.15, 0.2) is 60.9 Å². The van der Waals surface area contributed by atoms with Crippen LogP contribution in [0.25, 0.3) is 0 Å². The first kappa shape index (κ1) is 17.5. The van der Waals surface area contributed by atoms with Crippen LogP contribution >= 0.6 is 0 Å². The van der Waals surface area contributed by atoms with Crippen molar-refractivity contribution in [2.45, 2.75) is 19.9 Å². The minimum atomic E-state index is -0.331. The molecule has 0 fully saturated rings. The lowest BCUT2D eigenvalue weighted by Crippen LogP contribution is -2.24. The predicted octanol–water partition coefficient (Wildman–Crippen LogP) is 3.85. The summed E-state index contributed by atoms with van der Waals surface area (Å²) < 4.78 is 12.9. The molecule has 1 amide bonds. The van der Waals surface area contributed by atoms with Gasteiger partial charge in [-0.05, 0) is 35.7 Å². The Hall–Kier alpha value is -3.28. The minimum absolute atomic E-state index is 0.224. The fraction of sp³-hybridized carbons (Fsp3) is 0.150. The molecule has 0 atom stereocenters. The van der Waals surface area contributed by atoms with Crippen molar-refractivity contribution < 1.29 is 9.18 Å². The fourth-order valence-electron chi connectivity index (χ4n) is 2.47. The Morgan fingerprint density at radius 1 is 1.04 bits per heavy atom. The van der Waals surface area contributed by atoms with Crippen molar-refractivity contribution in [2.24, 2.45) is 0 Å². The molecule has 3 rings (SSSR count). The Balaban J connectivity index is 1.61. The van der Waals surface area contributed by atoms with E-state index in [-0.39, 0.29) is 17.4 Å². The minimum Gasteiger partial charge on any atom is -0.347 e. The third kappa shape index (κ3) is 4.42. The molecule has 0 spiro atoms. The number of nitrogens with one attached hydrogen (secondary N) is 2. The van der Waals surface area contributed by atoms with Crippen LogP contribution in [-0.4, -0.2) is 15.9 Å². The zero-order valence-electron chi connectivity index (χ0n) is 14.4. The molecule has 26 heavy (non-hydrogen) atoms. The van der Waals surface area contributed by atoms with Gasteiger partial charge in [0.25, 0.3) is 5.91 Å². The maximum absolute atomic E-state index is 12.9. The molecular weight excluding hydrogens is 331 g/mol. The Bertz CT molecular complexity index is 879. The van der Waals surface area contributed by atoms with Crippen molar-refractivity contribution in [3.05, 3.63) is 83.6 Å². The van der Waals surface area contributed by atoms with Crippen LogP contribution in [0.5, 0.6) is 0 Å². The third-order valence-corrected chi connectivity index (χ3v) is 3.91. The Kier molecular flexibility index (Phi) is 5.53. The molecular formula is C20H19FN4O. The van der Waals surface area contributed by atoms with E-state index in [4.69, 9.17) is 0 Å². The lowest BCUT2D eigenvalue weighted by molar-refractivity contribution is 0.0945. The van der Waals surface area contributed by atoms with Gasteiger partial charge in [-0.1, -0.05) is 37.3 Å². The molecule has 1 heterocycles. The first-order valence-corrected chi connectivity index (χ1v) is 8.35. The number of aromatic nitrogens is 2. The van der Waals surface area contributed by atoms with Gasteiger partial charge in [-0.3, -0.25) is 4.79 Å². The van der Waals surface area contributed by atoms with E-state index in [9.17, 15) is 9.18 Å². The monoisotopic (exact) mass is 350 g/mol. The van der Waals surface area contributed by atoms with E-state index in [0.717, 1.165) is 17.7 Å². The van der Waals surface area contributed by atoms with E-state index in [0.29, 0.717) is 12.4 Å². The van der Waals surface area contributed by atoms with E-state index >= 15 is 0 Å². The summed E-state index contributed by atoms with van der Waals surface area (Å²) in [5, 5.41) is 5.95. The maximum Gasteiger partial charge on any atom is 0.271 e. The molecule has 3 aromatic rings. The van der Waals surface area contributed by atoms with Crippen molar-refractivity contribution in [3.8, 4) is 0 Å². The summed E-state index contributed by atoms with van der Waals surface area (Å²) in [6.07, 6.45) is 3.86. The van der Waals surface area contributed by atoms with Gasteiger partial charge >= 0.3 is 0 Å². The van der Waals surface area contributed by atoms with Gasteiger partial charge in [0.05, 0.1) is 12.4 Å². The Labute approximate surface area is 151 Å². The van der Waals surface area contributed by atoms with Gasteiger partial charge in [0.15, 0.2) is 0 Å². The van der Waals surface area contributed by atoms with Gasteiger partial charge in [-0.2, -0.15) is 0 Å². The van der Waals surface area contributed by atoms with E-state index in [1.807, 2.05) is 24.3 Å². The molecule has 0 bridgehead atoms. The second-order valence-electron chi connectivity index (χ2n) is 5.73. The summed E-state index contributed by atoms with van der Waals surface area (Å²) in [6.45, 7) is 2.38. The van der Waals surface area contributed by atoms with E-state index in [1.54, 1.807) is 12.1 Å². The van der Waals surface area contributed by atoms with Crippen LogP contribution in [0.1, 0.15) is 28.5 Å². The molecule has 0 aliphatic heterocycles. The lowest BCUT2D eigenvalue weighted by Gasteiger charge is -2.10. The normalized spacial score (nSPS) is 10.4. The number of carbonyl (C=O) groups is 1. The van der Waals surface area contributed by atoms with Crippen LogP contribution in [0.4, 0.5) is 15.9 Å². The van der Waals surface area contributed by atoms with Crippen LogP contribution in [-0.2, 0) is 13.0 Å². The number of nitrogens with zero attached hydrogens (tertiary/aromatic N) is 2. The SMILES string of the molecule is CCc1ccccc1Nc1cnc(C(=O)NCc2ccc(F)cc2)cn1. The van der Waals surface area contributed by atoms with Gasteiger partial charge < -0.3 is 10.6 Å². The third-order valence-electron chi connectivity index (χ3n) is 3.91. The number of halogens is 1. The summed E-state index contributed by atoms with van der Waals surface area (Å²) in [7, 11) is 0. The highest BCUT2D eigenvalue weighted by Gasteiger charge is 2.08. The number of para-hydroxylation sites is 1. The molecule has 0 aliphatic rings. The molecule has 0 saturated carbocycles. The summed E-state index contributed by atoms with van der Waals surface area (Å²) in [5.41, 5.74) is 3.18. The van der Waals surface area contributed by atoms with Crippen molar-refractivity contribution in [2.75, 3.05) is 5.32 Å². The van der Waals surface area contributed by atoms with Crippen LogP contribution in [0.3, 0.4) is 0 Å². The molecule has 0 aliphatic carbocycles. The largest absolute Gasteiger partial charge is 0.347 e. The Morgan fingerprint density at radius 2 is 1.81 bits per heavy atom. The number of aryl methyl sites for hydroxylation is 1. The summed E-state index contributed by atoms with van der Waals surface area (Å²) >= 11 is 0. The van der Waals surface area contributed by atoms with Gasteiger partial charge in [-0.25, -0.2) is 14.4 Å². The first-order chi connectivity index (χ1) is 12.7. The molecule has 132 valence electrons. The van der Waals surface area contributed by atoms with E-state index in [2.05, 4.69) is 27.5 Å². The molecule has 5 nitrogen and oxygen atoms in total. The second kappa shape index (κ2) is 8.20. The number of carbonyl (C=O) groups excluding carboxylic acids is 1. The second-order valence-corrected chi connectivity index (χ2v) is 5.73. The van der Waals surface area contributed by atoms with Crippen molar-refractivity contribution in [1.29, 1.82) is 0 Å². The number of hydrogen-bond acceptors (Lipinski definition) is 4. The van der Waals surface area contributed by atoms with Gasteiger partial charge in [0, 0.05) is 12.2 Å². The summed E-state index contributed by atoms with van der Waals surface area (Å²) in [4.78, 5) is 20.6. The highest BCUT2D eigenvalue weighted by atomic mass is 19.1. The topological polar surface area (TPSA) is 66.9 Å². The standard InChI is InChI=1S/C20H19FN4O/c1-2-15-5-3-4-6-17(15)25-19-13-22-18(12-23-19)20(26)24-11-14-7-9-16(21)10-8-14/h3-10,12-13H,2,11H2,1H3,(H,23,25)(H,24,26). The number of rotatable bonds is 6. The average Bonchev–Trinajstić information content (AvgIpc) is 2.68. The van der Waals surface area contributed by atoms with E-state index in [1.165, 1.54) is 30.1 Å². The lowest BCUT2D eigenvalue weighted by atomic mass is 10.1. The highest BCUT2D eigenvalue weighted by Crippen LogP contribution is 2.19. The Morgan fingerprint density at radius 3 is 2.50 bits per heavy atom. The average molecular weight is 350 g/mol. The van der Waals surface area contributed by atoms with Gasteiger partial charge in [0.1, 0.15) is 17.3 Å². The summed E-state index contributed by atoms with van der Waals surface area (Å²) in [6, 6.07) is 13.9. The smallest absolute Gasteiger partial charge is 0.271 e. The predicted molar refractivity (Wildman–Crippen MR) is 98.7 cm³/mol. The van der Waals surface area contributed by atoms with Crippen molar-refractivity contribution >= 4 is 17.4 Å². The highest BCUT2D eigenvalue weighted by molar-refractivity contribution is 5.92. The number of amides is 1. The molecule has 0 radical (unpaired) electrons. The van der Waals surface area contributed by atoms with Gasteiger partial charge in [0.2, 0.25) is 0 Å². The van der Waals surface area contributed by atoms with Crippen LogP contribution < -0.4 is 10.6 Å². The van der Waals surface area contributed by atoms with Gasteiger partial charge in [-0.15, -0.1) is 0 Å².